The second kappa shape index (κ2) is 9.59. The molecular formula is C21H35N3O. The van der Waals surface area contributed by atoms with Gasteiger partial charge < -0.3 is 4.57 Å². The Morgan fingerprint density at radius 2 is 1.68 bits per heavy atom. The molecule has 0 unspecified atom stereocenters. The molecule has 0 amide bonds. The van der Waals surface area contributed by atoms with E-state index in [1.165, 1.54) is 24.2 Å². The van der Waals surface area contributed by atoms with E-state index in [9.17, 15) is 4.79 Å². The van der Waals surface area contributed by atoms with Gasteiger partial charge in [0.2, 0.25) is 0 Å². The second-order valence-electron chi connectivity index (χ2n) is 7.08. The number of aryl methyl sites for hydroxylation is 2. The molecule has 140 valence electrons. The molecule has 0 spiro atoms. The van der Waals surface area contributed by atoms with E-state index in [0.29, 0.717) is 11.8 Å². The largest absolute Gasteiger partial charge is 0.318 e. The Morgan fingerprint density at radius 1 is 1.08 bits per heavy atom. The van der Waals surface area contributed by atoms with Gasteiger partial charge in [-0.25, -0.2) is 0 Å². The fourth-order valence-corrected chi connectivity index (χ4v) is 2.68. The lowest BCUT2D eigenvalue weighted by Gasteiger charge is -2.04. The first-order chi connectivity index (χ1) is 11.8. The number of pyridine rings is 1. The van der Waals surface area contributed by atoms with Gasteiger partial charge in [-0.1, -0.05) is 47.6 Å². The minimum Gasteiger partial charge on any atom is -0.318 e. The molecule has 0 atom stereocenters. The smallest absolute Gasteiger partial charge is 0.253 e. The van der Waals surface area contributed by atoms with Gasteiger partial charge in [0, 0.05) is 37.5 Å². The van der Waals surface area contributed by atoms with E-state index < -0.39 is 0 Å². The Kier molecular flexibility index (Phi) is 8.14. The molecule has 1 aliphatic carbocycles. The fraction of sp³-hybridized carbons (Fsp3) is 0.619. The molecule has 2 aromatic rings. The molecule has 0 saturated heterocycles. The summed E-state index contributed by atoms with van der Waals surface area (Å²) in [7, 11) is 3.81. The van der Waals surface area contributed by atoms with Crippen LogP contribution in [0.4, 0.5) is 0 Å². The van der Waals surface area contributed by atoms with Crippen LogP contribution in [0.15, 0.2) is 29.2 Å². The van der Waals surface area contributed by atoms with Crippen LogP contribution < -0.4 is 5.56 Å². The third-order valence-electron chi connectivity index (χ3n) is 4.30. The van der Waals surface area contributed by atoms with E-state index in [1.807, 2.05) is 51.6 Å². The number of aromatic nitrogens is 3. The van der Waals surface area contributed by atoms with Crippen molar-refractivity contribution in [3.8, 4) is 0 Å². The van der Waals surface area contributed by atoms with Crippen LogP contribution in [0.2, 0.25) is 0 Å². The van der Waals surface area contributed by atoms with Gasteiger partial charge >= 0.3 is 0 Å². The maximum absolute atomic E-state index is 11.4. The van der Waals surface area contributed by atoms with E-state index in [2.05, 4.69) is 25.0 Å². The van der Waals surface area contributed by atoms with Crippen LogP contribution in [0, 0.1) is 0 Å². The zero-order valence-corrected chi connectivity index (χ0v) is 17.2. The highest BCUT2D eigenvalue weighted by Crippen LogP contribution is 2.39. The van der Waals surface area contributed by atoms with Crippen molar-refractivity contribution in [2.75, 3.05) is 0 Å². The van der Waals surface area contributed by atoms with Gasteiger partial charge in [-0.15, -0.1) is 0 Å². The third-order valence-corrected chi connectivity index (χ3v) is 4.30. The van der Waals surface area contributed by atoms with Crippen LogP contribution >= 0.6 is 0 Å². The van der Waals surface area contributed by atoms with Gasteiger partial charge in [0.25, 0.3) is 5.56 Å². The van der Waals surface area contributed by atoms with Crippen LogP contribution in [0.3, 0.4) is 0 Å². The lowest BCUT2D eigenvalue weighted by atomic mass is 10.1. The zero-order valence-electron chi connectivity index (χ0n) is 17.2. The van der Waals surface area contributed by atoms with Crippen LogP contribution in [-0.4, -0.2) is 14.3 Å². The monoisotopic (exact) mass is 345 g/mol. The van der Waals surface area contributed by atoms with E-state index in [1.54, 1.807) is 17.8 Å². The van der Waals surface area contributed by atoms with Gasteiger partial charge in [0.1, 0.15) is 0 Å². The van der Waals surface area contributed by atoms with Crippen LogP contribution in [0.1, 0.15) is 89.1 Å². The summed E-state index contributed by atoms with van der Waals surface area (Å²) in [6, 6.07) is 6.05. The maximum atomic E-state index is 11.4. The molecule has 0 aliphatic heterocycles. The van der Waals surface area contributed by atoms with Crippen molar-refractivity contribution < 1.29 is 0 Å². The summed E-state index contributed by atoms with van der Waals surface area (Å²) in [4.78, 5) is 11.4. The first-order valence-corrected chi connectivity index (χ1v) is 9.50. The molecule has 1 fully saturated rings. The molecular weight excluding hydrogens is 310 g/mol. The number of nitrogens with zero attached hydrogens (tertiary/aromatic N) is 3. The summed E-state index contributed by atoms with van der Waals surface area (Å²) in [5.41, 5.74) is 3.66. The molecule has 4 heteroatoms. The molecule has 0 radical (unpaired) electrons. The summed E-state index contributed by atoms with van der Waals surface area (Å²) in [5, 5.41) is 4.51. The molecule has 3 rings (SSSR count). The first kappa shape index (κ1) is 21.2. The lowest BCUT2D eigenvalue weighted by Crippen LogP contribution is -2.20. The van der Waals surface area contributed by atoms with Crippen LogP contribution in [0.5, 0.6) is 0 Å². The lowest BCUT2D eigenvalue weighted by molar-refractivity contribution is 0.661. The first-order valence-electron chi connectivity index (χ1n) is 9.50. The van der Waals surface area contributed by atoms with Gasteiger partial charge in [-0.05, 0) is 36.8 Å². The van der Waals surface area contributed by atoms with E-state index in [0.717, 1.165) is 11.5 Å². The maximum Gasteiger partial charge on any atom is 0.253 e. The predicted octanol–water partition coefficient (Wildman–Crippen LogP) is 4.96. The highest BCUT2D eigenvalue weighted by molar-refractivity contribution is 5.20. The number of hydrogen-bond donors (Lipinski definition) is 0. The van der Waals surface area contributed by atoms with Gasteiger partial charge in [0.05, 0.1) is 5.69 Å². The standard InChI is InChI=1S/C10H16N2.C9H13NO.C2H6/c1-7(2)10-6-9(8-4-5-8)11-12(10)3;1-7(2)8-5-4-6-10(3)9(8)11;1-2/h6-8H,4-5H2,1-3H3;4-7H,1-3H3;1-2H3. The number of hydrogen-bond acceptors (Lipinski definition) is 2. The quantitative estimate of drug-likeness (QED) is 0.789. The summed E-state index contributed by atoms with van der Waals surface area (Å²) in [5.74, 6) is 1.69. The van der Waals surface area contributed by atoms with E-state index >= 15 is 0 Å². The fourth-order valence-electron chi connectivity index (χ4n) is 2.68. The Hall–Kier alpha value is -1.84. The summed E-state index contributed by atoms with van der Waals surface area (Å²) >= 11 is 0. The van der Waals surface area contributed by atoms with Crippen LogP contribution in [0.25, 0.3) is 0 Å². The molecule has 1 aliphatic rings. The molecule has 0 aromatic carbocycles. The highest BCUT2D eigenvalue weighted by Gasteiger charge is 2.27. The van der Waals surface area contributed by atoms with Crippen molar-refractivity contribution in [3.05, 3.63) is 51.7 Å². The van der Waals surface area contributed by atoms with Crippen molar-refractivity contribution in [3.63, 3.8) is 0 Å². The molecule has 2 heterocycles. The topological polar surface area (TPSA) is 39.8 Å². The summed E-state index contributed by atoms with van der Waals surface area (Å²) in [6.45, 7) is 12.5. The van der Waals surface area contributed by atoms with E-state index in [4.69, 9.17) is 0 Å². The number of rotatable bonds is 3. The Morgan fingerprint density at radius 3 is 2.08 bits per heavy atom. The van der Waals surface area contributed by atoms with Gasteiger partial charge in [0.15, 0.2) is 0 Å². The molecule has 2 aromatic heterocycles. The molecule has 4 nitrogen and oxygen atoms in total. The summed E-state index contributed by atoms with van der Waals surface area (Å²) in [6.07, 6.45) is 4.46. The van der Waals surface area contributed by atoms with Crippen molar-refractivity contribution in [1.29, 1.82) is 0 Å². The predicted molar refractivity (Wildman–Crippen MR) is 106 cm³/mol. The van der Waals surface area contributed by atoms with Gasteiger partial charge in [-0.2, -0.15) is 5.10 Å². The average Bonchev–Trinajstić information content (AvgIpc) is 3.34. The van der Waals surface area contributed by atoms with Crippen molar-refractivity contribution in [1.82, 2.24) is 14.3 Å². The average molecular weight is 346 g/mol. The Labute approximate surface area is 152 Å². The highest BCUT2D eigenvalue weighted by atomic mass is 16.1. The van der Waals surface area contributed by atoms with Crippen molar-refractivity contribution >= 4 is 0 Å². The minimum atomic E-state index is 0.113. The minimum absolute atomic E-state index is 0.113. The molecule has 25 heavy (non-hydrogen) atoms. The zero-order chi connectivity index (χ0) is 19.1. The SMILES string of the molecule is CC.CC(C)c1cc(C2CC2)nn1C.CC(C)c1cccn(C)c1=O. The second-order valence-corrected chi connectivity index (χ2v) is 7.08. The van der Waals surface area contributed by atoms with Crippen LogP contribution in [-0.2, 0) is 14.1 Å². The Balaban J connectivity index is 0.000000229. The molecule has 1 saturated carbocycles. The van der Waals surface area contributed by atoms with Crippen molar-refractivity contribution in [2.24, 2.45) is 14.1 Å². The Bertz CT molecular complexity index is 706. The molecule has 0 bridgehead atoms. The van der Waals surface area contributed by atoms with Crippen molar-refractivity contribution in [2.45, 2.75) is 72.1 Å². The van der Waals surface area contributed by atoms with Gasteiger partial charge in [-0.3, -0.25) is 9.48 Å². The normalized spacial score (nSPS) is 13.2. The third kappa shape index (κ3) is 5.87. The van der Waals surface area contributed by atoms with E-state index in [-0.39, 0.29) is 5.56 Å². The molecule has 0 N–H and O–H groups in total. The summed E-state index contributed by atoms with van der Waals surface area (Å²) < 4.78 is 3.63.